The first-order valence-corrected chi connectivity index (χ1v) is 11.2. The molecule has 0 saturated heterocycles. The molecule has 9 heteroatoms. The average molecular weight is 494 g/mol. The molecule has 0 aliphatic carbocycles. The zero-order valence-electron chi connectivity index (χ0n) is 18.7. The van der Waals surface area contributed by atoms with Crippen LogP contribution in [0.1, 0.15) is 19.2 Å². The maximum absolute atomic E-state index is 13.5. The summed E-state index contributed by atoms with van der Waals surface area (Å²) in [4.78, 5) is 42.6. The first-order chi connectivity index (χ1) is 16.8. The summed E-state index contributed by atoms with van der Waals surface area (Å²) >= 11 is 5.92. The van der Waals surface area contributed by atoms with E-state index in [-0.39, 0.29) is 18.4 Å². The molecule has 0 aliphatic heterocycles. The fraction of sp³-hybridized carbons (Fsp3) is 0.154. The van der Waals surface area contributed by atoms with Crippen molar-refractivity contribution in [1.29, 1.82) is 0 Å². The number of anilines is 1. The topological polar surface area (TPSA) is 90.3 Å². The van der Waals surface area contributed by atoms with Crippen molar-refractivity contribution in [2.75, 3.05) is 5.32 Å². The number of nitrogens with zero attached hydrogens (tertiary/aromatic N) is 2. The van der Waals surface area contributed by atoms with Crippen LogP contribution in [0.25, 0.3) is 16.6 Å². The van der Waals surface area contributed by atoms with Gasteiger partial charge in [-0.05, 0) is 61.5 Å². The lowest BCUT2D eigenvalue weighted by Crippen LogP contribution is -2.30. The molecule has 7 nitrogen and oxygen atoms in total. The van der Waals surface area contributed by atoms with E-state index in [2.05, 4.69) is 10.3 Å². The molecular weight excluding hydrogens is 473 g/mol. The van der Waals surface area contributed by atoms with Crippen molar-refractivity contribution in [3.8, 4) is 5.69 Å². The van der Waals surface area contributed by atoms with Crippen molar-refractivity contribution in [3.63, 3.8) is 0 Å². The molecule has 0 fully saturated rings. The van der Waals surface area contributed by atoms with E-state index in [0.29, 0.717) is 33.1 Å². The Kier molecular flexibility index (Phi) is 7.22. The van der Waals surface area contributed by atoms with E-state index in [1.807, 2.05) is 0 Å². The van der Waals surface area contributed by atoms with Crippen molar-refractivity contribution in [3.05, 3.63) is 99.8 Å². The molecule has 0 bridgehead atoms. The second kappa shape index (κ2) is 10.5. The Morgan fingerprint density at radius 3 is 2.57 bits per heavy atom. The molecule has 1 atom stereocenters. The quantitative estimate of drug-likeness (QED) is 0.377. The van der Waals surface area contributed by atoms with Gasteiger partial charge in [0, 0.05) is 17.1 Å². The molecule has 1 N–H and O–H groups in total. The number of halogens is 2. The smallest absolute Gasteiger partial charge is 0.307 e. The van der Waals surface area contributed by atoms with Gasteiger partial charge in [0.15, 0.2) is 6.10 Å². The first-order valence-electron chi connectivity index (χ1n) is 10.8. The molecule has 1 heterocycles. The van der Waals surface area contributed by atoms with E-state index < -0.39 is 23.8 Å². The summed E-state index contributed by atoms with van der Waals surface area (Å²) in [5.74, 6) is -1.27. The molecule has 1 unspecified atom stereocenters. The van der Waals surface area contributed by atoms with Gasteiger partial charge in [-0.15, -0.1) is 0 Å². The van der Waals surface area contributed by atoms with Gasteiger partial charge in [-0.1, -0.05) is 29.8 Å². The number of aryl methyl sites for hydroxylation is 1. The summed E-state index contributed by atoms with van der Waals surface area (Å²) in [6.45, 7) is 1.46. The second-order valence-electron chi connectivity index (χ2n) is 7.79. The number of carbonyl (C=O) groups excluding carboxylic acids is 2. The standard InChI is InChI=1S/C26H21ClFN3O4/c1-16(25(33)29-19-6-4-5-17(27)15-19)35-24(32)14-13-23-30-22-8-3-2-7-21(22)26(34)31(23)20-11-9-18(28)10-12-20/h2-12,15-16H,13-14H2,1H3,(H,29,33). The summed E-state index contributed by atoms with van der Waals surface area (Å²) in [6.07, 6.45) is -1.11. The number of ether oxygens (including phenoxy) is 1. The van der Waals surface area contributed by atoms with Crippen molar-refractivity contribution in [2.45, 2.75) is 25.9 Å². The molecule has 4 aromatic rings. The number of nitrogens with one attached hydrogen (secondary N) is 1. The van der Waals surface area contributed by atoms with Gasteiger partial charge in [-0.25, -0.2) is 9.37 Å². The summed E-state index contributed by atoms with van der Waals surface area (Å²) in [6, 6.07) is 18.9. The number of hydrogen-bond donors (Lipinski definition) is 1. The molecule has 35 heavy (non-hydrogen) atoms. The van der Waals surface area contributed by atoms with Crippen LogP contribution in [0.2, 0.25) is 5.02 Å². The lowest BCUT2D eigenvalue weighted by molar-refractivity contribution is -0.153. The van der Waals surface area contributed by atoms with Crippen molar-refractivity contribution in [2.24, 2.45) is 0 Å². The third-order valence-corrected chi connectivity index (χ3v) is 5.49. The van der Waals surface area contributed by atoms with Gasteiger partial charge in [0.05, 0.1) is 23.0 Å². The summed E-state index contributed by atoms with van der Waals surface area (Å²) < 4.78 is 20.1. The molecule has 1 amide bonds. The Balaban J connectivity index is 1.50. The van der Waals surface area contributed by atoms with Crippen LogP contribution < -0.4 is 10.9 Å². The number of amides is 1. The van der Waals surface area contributed by atoms with Crippen molar-refractivity contribution >= 4 is 40.1 Å². The molecule has 0 saturated carbocycles. The number of carbonyl (C=O) groups is 2. The molecule has 1 aromatic heterocycles. The second-order valence-corrected chi connectivity index (χ2v) is 8.23. The lowest BCUT2D eigenvalue weighted by Gasteiger charge is -2.15. The number of aromatic nitrogens is 2. The molecule has 178 valence electrons. The third-order valence-electron chi connectivity index (χ3n) is 5.25. The van der Waals surface area contributed by atoms with Crippen LogP contribution in [0.4, 0.5) is 10.1 Å². The summed E-state index contributed by atoms with van der Waals surface area (Å²) in [7, 11) is 0. The minimum absolute atomic E-state index is 0.0684. The fourth-order valence-corrected chi connectivity index (χ4v) is 3.73. The van der Waals surface area contributed by atoms with Gasteiger partial charge < -0.3 is 10.1 Å². The Labute approximate surface area is 205 Å². The van der Waals surface area contributed by atoms with Crippen LogP contribution in [0, 0.1) is 5.82 Å². The summed E-state index contributed by atoms with van der Waals surface area (Å²) in [5.41, 5.74) is 1.05. The number of esters is 1. The lowest BCUT2D eigenvalue weighted by atomic mass is 10.2. The number of hydrogen-bond acceptors (Lipinski definition) is 5. The monoisotopic (exact) mass is 493 g/mol. The van der Waals surface area contributed by atoms with E-state index in [4.69, 9.17) is 16.3 Å². The van der Waals surface area contributed by atoms with E-state index in [9.17, 15) is 18.8 Å². The van der Waals surface area contributed by atoms with Crippen LogP contribution in [0.3, 0.4) is 0 Å². The SMILES string of the molecule is CC(OC(=O)CCc1nc2ccccc2c(=O)n1-c1ccc(F)cc1)C(=O)Nc1cccc(Cl)c1. The van der Waals surface area contributed by atoms with Gasteiger partial charge in [-0.3, -0.25) is 19.0 Å². The molecule has 3 aromatic carbocycles. The number of benzene rings is 3. The highest BCUT2D eigenvalue weighted by atomic mass is 35.5. The van der Waals surface area contributed by atoms with Crippen molar-refractivity contribution in [1.82, 2.24) is 9.55 Å². The predicted molar refractivity (Wildman–Crippen MR) is 131 cm³/mol. The van der Waals surface area contributed by atoms with Gasteiger partial charge >= 0.3 is 5.97 Å². The Hall–Kier alpha value is -4.04. The van der Waals surface area contributed by atoms with Crippen LogP contribution in [0.5, 0.6) is 0 Å². The predicted octanol–water partition coefficient (Wildman–Crippen LogP) is 4.68. The maximum atomic E-state index is 13.5. The highest BCUT2D eigenvalue weighted by molar-refractivity contribution is 6.30. The highest BCUT2D eigenvalue weighted by Gasteiger charge is 2.20. The van der Waals surface area contributed by atoms with Gasteiger partial charge in [0.25, 0.3) is 11.5 Å². The molecule has 0 aliphatic rings. The average Bonchev–Trinajstić information content (AvgIpc) is 2.83. The van der Waals surface area contributed by atoms with Crippen molar-refractivity contribution < 1.29 is 18.7 Å². The molecule has 0 radical (unpaired) electrons. The van der Waals surface area contributed by atoms with E-state index >= 15 is 0 Å². The zero-order chi connectivity index (χ0) is 24.9. The zero-order valence-corrected chi connectivity index (χ0v) is 19.5. The molecule has 4 rings (SSSR count). The van der Waals surface area contributed by atoms with Crippen LogP contribution in [0.15, 0.2) is 77.6 Å². The minimum Gasteiger partial charge on any atom is -0.453 e. The normalized spacial score (nSPS) is 11.7. The third kappa shape index (κ3) is 5.73. The maximum Gasteiger partial charge on any atom is 0.307 e. The van der Waals surface area contributed by atoms with E-state index in [0.717, 1.165) is 0 Å². The fourth-order valence-electron chi connectivity index (χ4n) is 3.54. The largest absolute Gasteiger partial charge is 0.453 e. The molecule has 0 spiro atoms. The highest BCUT2D eigenvalue weighted by Crippen LogP contribution is 2.17. The van der Waals surface area contributed by atoms with E-state index in [1.165, 1.54) is 35.8 Å². The van der Waals surface area contributed by atoms with Crippen LogP contribution >= 0.6 is 11.6 Å². The number of rotatable bonds is 7. The number of para-hydroxylation sites is 1. The first kappa shape index (κ1) is 24.1. The van der Waals surface area contributed by atoms with Gasteiger partial charge in [-0.2, -0.15) is 0 Å². The van der Waals surface area contributed by atoms with E-state index in [1.54, 1.807) is 48.5 Å². The van der Waals surface area contributed by atoms with Gasteiger partial charge in [0.2, 0.25) is 0 Å². The Bertz CT molecular complexity index is 1450. The Morgan fingerprint density at radius 1 is 1.09 bits per heavy atom. The molecular formula is C26H21ClFN3O4. The Morgan fingerprint density at radius 2 is 1.83 bits per heavy atom. The van der Waals surface area contributed by atoms with Crippen LogP contribution in [-0.2, 0) is 20.7 Å². The summed E-state index contributed by atoms with van der Waals surface area (Å²) in [5, 5.41) is 3.49. The number of fused-ring (bicyclic) bond motifs is 1. The van der Waals surface area contributed by atoms with Crippen LogP contribution in [-0.4, -0.2) is 27.5 Å². The van der Waals surface area contributed by atoms with Gasteiger partial charge in [0.1, 0.15) is 11.6 Å². The minimum atomic E-state index is -1.05.